The van der Waals surface area contributed by atoms with E-state index >= 15 is 0 Å². The van der Waals surface area contributed by atoms with E-state index in [1.165, 1.54) is 19.7 Å². The van der Waals surface area contributed by atoms with Gasteiger partial charge in [0.1, 0.15) is 6.33 Å². The average molecular weight is 297 g/mol. The molecule has 0 N–H and O–H groups in total. The molecule has 2 aromatic heterocycles. The first-order valence-electron chi connectivity index (χ1n) is 4.82. The van der Waals surface area contributed by atoms with Crippen molar-refractivity contribution >= 4 is 21.7 Å². The molecule has 0 atom stereocenters. The number of carbonyl (C=O) groups excluding carboxylic acids is 1. The molecule has 0 aromatic carbocycles. The second kappa shape index (κ2) is 5.09. The molecular formula is C11H9BrN2O3. The summed E-state index contributed by atoms with van der Waals surface area (Å²) in [5, 5.41) is 0. The normalized spacial score (nSPS) is 10.2. The van der Waals surface area contributed by atoms with E-state index in [4.69, 9.17) is 9.15 Å². The lowest BCUT2D eigenvalue weighted by Crippen LogP contribution is -2.05. The van der Waals surface area contributed by atoms with Crippen LogP contribution in [-0.4, -0.2) is 22.9 Å². The highest BCUT2D eigenvalue weighted by atomic mass is 79.9. The first-order valence-corrected chi connectivity index (χ1v) is 5.61. The van der Waals surface area contributed by atoms with Crippen molar-refractivity contribution in [1.29, 1.82) is 0 Å². The summed E-state index contributed by atoms with van der Waals surface area (Å²) in [4.78, 5) is 19.8. The Morgan fingerprint density at radius 2 is 2.35 bits per heavy atom. The highest BCUT2D eigenvalue weighted by Gasteiger charge is 2.14. The van der Waals surface area contributed by atoms with Gasteiger partial charge in [-0.3, -0.25) is 4.79 Å². The van der Waals surface area contributed by atoms with Crippen LogP contribution in [0.4, 0.5) is 0 Å². The molecule has 0 bridgehead atoms. The summed E-state index contributed by atoms with van der Waals surface area (Å²) < 4.78 is 10.4. The Morgan fingerprint density at radius 3 is 3.00 bits per heavy atom. The third-order valence-corrected chi connectivity index (χ3v) is 2.78. The largest absolute Gasteiger partial charge is 0.481 e. The van der Waals surface area contributed by atoms with Crippen molar-refractivity contribution in [3.63, 3.8) is 0 Å². The average Bonchev–Trinajstić information content (AvgIpc) is 2.76. The summed E-state index contributed by atoms with van der Waals surface area (Å²) in [6.45, 7) is 0. The van der Waals surface area contributed by atoms with E-state index in [1.54, 1.807) is 12.1 Å². The standard InChI is InChI=1S/C11H9BrN2O3/c1-16-10-5-7(13-6-14-10)4-9(15)8-2-3-17-11(8)12/h2-3,5-6H,4H2,1H3. The number of halogens is 1. The van der Waals surface area contributed by atoms with E-state index in [9.17, 15) is 4.79 Å². The highest BCUT2D eigenvalue weighted by molar-refractivity contribution is 9.10. The number of ether oxygens (including phenoxy) is 1. The number of furan rings is 1. The number of nitrogens with zero attached hydrogens (tertiary/aromatic N) is 2. The van der Waals surface area contributed by atoms with E-state index < -0.39 is 0 Å². The minimum absolute atomic E-state index is 0.0774. The van der Waals surface area contributed by atoms with Crippen molar-refractivity contribution in [3.05, 3.63) is 40.7 Å². The molecule has 17 heavy (non-hydrogen) atoms. The van der Waals surface area contributed by atoms with Crippen molar-refractivity contribution in [2.75, 3.05) is 7.11 Å². The number of Topliss-reactive ketones (excluding diaryl/α,β-unsaturated/α-hetero) is 1. The van der Waals surface area contributed by atoms with Crippen molar-refractivity contribution < 1.29 is 13.9 Å². The van der Waals surface area contributed by atoms with Crippen molar-refractivity contribution in [2.24, 2.45) is 0 Å². The van der Waals surface area contributed by atoms with Crippen LogP contribution in [0.5, 0.6) is 5.88 Å². The lowest BCUT2D eigenvalue weighted by molar-refractivity contribution is 0.0990. The number of methoxy groups -OCH3 is 1. The summed E-state index contributed by atoms with van der Waals surface area (Å²) >= 11 is 3.16. The van der Waals surface area contributed by atoms with Crippen LogP contribution in [0.1, 0.15) is 16.1 Å². The molecule has 0 amide bonds. The van der Waals surface area contributed by atoms with Crippen LogP contribution < -0.4 is 4.74 Å². The van der Waals surface area contributed by atoms with Gasteiger partial charge < -0.3 is 9.15 Å². The first kappa shape index (κ1) is 11.8. The molecule has 0 aliphatic heterocycles. The Hall–Kier alpha value is -1.69. The molecule has 0 aliphatic rings. The predicted molar refractivity (Wildman–Crippen MR) is 63.0 cm³/mol. The minimum atomic E-state index is -0.0774. The van der Waals surface area contributed by atoms with E-state index in [-0.39, 0.29) is 12.2 Å². The van der Waals surface area contributed by atoms with Gasteiger partial charge >= 0.3 is 0 Å². The minimum Gasteiger partial charge on any atom is -0.481 e. The molecule has 2 rings (SSSR count). The van der Waals surface area contributed by atoms with Gasteiger partial charge in [0, 0.05) is 6.07 Å². The molecule has 0 spiro atoms. The molecule has 0 radical (unpaired) electrons. The topological polar surface area (TPSA) is 65.2 Å². The lowest BCUT2D eigenvalue weighted by atomic mass is 10.1. The molecule has 0 fully saturated rings. The van der Waals surface area contributed by atoms with Crippen molar-refractivity contribution in [2.45, 2.75) is 6.42 Å². The summed E-state index contributed by atoms with van der Waals surface area (Å²) in [7, 11) is 1.51. The molecule has 0 saturated carbocycles. The number of aromatic nitrogens is 2. The van der Waals surface area contributed by atoms with Gasteiger partial charge in [0.15, 0.2) is 10.5 Å². The Kier molecular flexibility index (Phi) is 3.53. The number of hydrogen-bond acceptors (Lipinski definition) is 5. The molecule has 2 aromatic rings. The van der Waals surface area contributed by atoms with E-state index in [1.807, 2.05) is 0 Å². The maximum Gasteiger partial charge on any atom is 0.216 e. The zero-order valence-electron chi connectivity index (χ0n) is 9.01. The Labute approximate surface area is 106 Å². The smallest absolute Gasteiger partial charge is 0.216 e. The van der Waals surface area contributed by atoms with Gasteiger partial charge in [-0.2, -0.15) is 0 Å². The molecular weight excluding hydrogens is 288 g/mol. The quantitative estimate of drug-likeness (QED) is 0.810. The fraction of sp³-hybridized carbons (Fsp3) is 0.182. The molecule has 6 heteroatoms. The van der Waals surface area contributed by atoms with Crippen LogP contribution in [0.15, 0.2) is 33.8 Å². The number of rotatable bonds is 4. The third kappa shape index (κ3) is 2.71. The van der Waals surface area contributed by atoms with Crippen LogP contribution in [0.25, 0.3) is 0 Å². The summed E-state index contributed by atoms with van der Waals surface area (Å²) in [6.07, 6.45) is 3.00. The Morgan fingerprint density at radius 1 is 1.53 bits per heavy atom. The fourth-order valence-electron chi connectivity index (χ4n) is 1.34. The summed E-state index contributed by atoms with van der Waals surface area (Å²) in [5.41, 5.74) is 1.11. The van der Waals surface area contributed by atoms with Gasteiger partial charge in [-0.1, -0.05) is 0 Å². The SMILES string of the molecule is COc1cc(CC(=O)c2ccoc2Br)ncn1. The molecule has 0 unspecified atom stereocenters. The third-order valence-electron chi connectivity index (χ3n) is 2.17. The van der Waals surface area contributed by atoms with E-state index in [0.717, 1.165) is 0 Å². The lowest BCUT2D eigenvalue weighted by Gasteiger charge is -2.01. The first-order chi connectivity index (χ1) is 8.20. The molecule has 88 valence electrons. The van der Waals surface area contributed by atoms with Crippen LogP contribution >= 0.6 is 15.9 Å². The second-order valence-electron chi connectivity index (χ2n) is 3.26. The van der Waals surface area contributed by atoms with Gasteiger partial charge in [-0.15, -0.1) is 0 Å². The fourth-order valence-corrected chi connectivity index (χ4v) is 1.80. The summed E-state index contributed by atoms with van der Waals surface area (Å²) in [6, 6.07) is 3.25. The van der Waals surface area contributed by atoms with Crippen LogP contribution in [-0.2, 0) is 6.42 Å². The maximum absolute atomic E-state index is 11.9. The summed E-state index contributed by atoms with van der Waals surface area (Å²) in [5.74, 6) is 0.362. The van der Waals surface area contributed by atoms with Gasteiger partial charge in [-0.25, -0.2) is 9.97 Å². The van der Waals surface area contributed by atoms with E-state index in [2.05, 4.69) is 25.9 Å². The highest BCUT2D eigenvalue weighted by Crippen LogP contribution is 2.19. The molecule has 2 heterocycles. The zero-order chi connectivity index (χ0) is 12.3. The molecule has 0 saturated heterocycles. The van der Waals surface area contributed by atoms with Gasteiger partial charge in [-0.05, 0) is 22.0 Å². The van der Waals surface area contributed by atoms with Gasteiger partial charge in [0.05, 0.1) is 31.1 Å². The van der Waals surface area contributed by atoms with Crippen LogP contribution in [0.3, 0.4) is 0 Å². The zero-order valence-corrected chi connectivity index (χ0v) is 10.6. The van der Waals surface area contributed by atoms with Crippen molar-refractivity contribution in [1.82, 2.24) is 9.97 Å². The number of ketones is 1. The number of hydrogen-bond donors (Lipinski definition) is 0. The van der Waals surface area contributed by atoms with Crippen LogP contribution in [0, 0.1) is 0 Å². The van der Waals surface area contributed by atoms with E-state index in [0.29, 0.717) is 21.8 Å². The number of carbonyl (C=O) groups is 1. The monoisotopic (exact) mass is 296 g/mol. The molecule has 5 nitrogen and oxygen atoms in total. The Balaban J connectivity index is 2.16. The predicted octanol–water partition coefficient (Wildman–Crippen LogP) is 2.27. The molecule has 0 aliphatic carbocycles. The Bertz CT molecular complexity index is 539. The van der Waals surface area contributed by atoms with Gasteiger partial charge in [0.25, 0.3) is 0 Å². The van der Waals surface area contributed by atoms with Crippen LogP contribution in [0.2, 0.25) is 0 Å². The second-order valence-corrected chi connectivity index (χ2v) is 3.98. The van der Waals surface area contributed by atoms with Gasteiger partial charge in [0.2, 0.25) is 5.88 Å². The maximum atomic E-state index is 11.9. The van der Waals surface area contributed by atoms with Crippen molar-refractivity contribution in [3.8, 4) is 5.88 Å².